The largest absolute Gasteiger partial charge is 0.492 e. The van der Waals surface area contributed by atoms with Crippen LogP contribution in [0.15, 0.2) is 25.7 Å². The summed E-state index contributed by atoms with van der Waals surface area (Å²) in [4.78, 5) is 28.9. The highest BCUT2D eigenvalue weighted by molar-refractivity contribution is 8.25. The Balaban J connectivity index is 1.99. The Kier molecular flexibility index (Phi) is 10.7. The maximum atomic E-state index is 13.5. The van der Waals surface area contributed by atoms with Crippen LogP contribution in [0.3, 0.4) is 0 Å². The second-order valence-corrected chi connectivity index (χ2v) is 11.3. The van der Waals surface area contributed by atoms with Crippen LogP contribution in [0.2, 0.25) is 0 Å². The van der Waals surface area contributed by atoms with Crippen LogP contribution in [-0.2, 0) is 9.59 Å². The highest BCUT2D eigenvalue weighted by atomic mass is 32.2. The molecule has 2 aliphatic heterocycles. The quantitative estimate of drug-likeness (QED) is 0.150. The van der Waals surface area contributed by atoms with Crippen molar-refractivity contribution in [1.82, 2.24) is 10.0 Å². The van der Waals surface area contributed by atoms with Crippen LogP contribution in [0.1, 0.15) is 84.6 Å². The molecule has 3 rings (SSSR count). The Morgan fingerprint density at radius 1 is 0.743 bits per heavy atom. The molecule has 2 heterocycles. The lowest BCUT2D eigenvalue weighted by Gasteiger charge is -2.27. The van der Waals surface area contributed by atoms with Gasteiger partial charge in [0.05, 0.1) is 27.2 Å². The van der Waals surface area contributed by atoms with E-state index in [4.69, 9.17) is 9.47 Å². The molecule has 0 unspecified atom stereocenters. The monoisotopic (exact) mass is 520 g/mol. The molecule has 0 saturated carbocycles. The lowest BCUT2D eigenvalue weighted by atomic mass is 10.2. The third-order valence-electron chi connectivity index (χ3n) is 6.07. The Bertz CT molecular complexity index is 920. The topological polar surface area (TPSA) is 59.1 Å². The van der Waals surface area contributed by atoms with E-state index in [2.05, 4.69) is 27.7 Å². The first-order valence-electron chi connectivity index (χ1n) is 13.1. The van der Waals surface area contributed by atoms with Crippen LogP contribution >= 0.6 is 23.5 Å². The van der Waals surface area contributed by atoms with Gasteiger partial charge >= 0.3 is 0 Å². The minimum Gasteiger partial charge on any atom is -0.492 e. The highest BCUT2D eigenvalue weighted by Crippen LogP contribution is 2.60. The first-order chi connectivity index (χ1) is 17.0. The number of amides is 2. The first kappa shape index (κ1) is 27.8. The molecule has 194 valence electrons. The third kappa shape index (κ3) is 6.31. The number of hydrogen-bond donors (Lipinski definition) is 0. The predicted octanol–water partition coefficient (Wildman–Crippen LogP) is 6.95. The fourth-order valence-electron chi connectivity index (χ4n) is 3.95. The second kappa shape index (κ2) is 13.5. The number of unbranched alkanes of at least 4 members (excludes halogenated alkanes) is 4. The van der Waals surface area contributed by atoms with Crippen molar-refractivity contribution < 1.29 is 19.1 Å². The molecule has 1 aromatic carbocycles. The van der Waals surface area contributed by atoms with Crippen LogP contribution in [-0.4, -0.2) is 48.1 Å². The molecular formula is C27H40N2O4S2. The summed E-state index contributed by atoms with van der Waals surface area (Å²) in [5, 5.41) is 3.33. The first-order valence-corrected chi connectivity index (χ1v) is 14.8. The Labute approximate surface area is 219 Å². The maximum Gasteiger partial charge on any atom is 0.279 e. The molecule has 0 N–H and O–H groups in total. The maximum absolute atomic E-state index is 13.5. The zero-order valence-corrected chi connectivity index (χ0v) is 23.5. The van der Waals surface area contributed by atoms with Gasteiger partial charge < -0.3 is 9.47 Å². The van der Waals surface area contributed by atoms with Crippen LogP contribution in [0, 0.1) is 6.92 Å². The molecule has 1 saturated heterocycles. The van der Waals surface area contributed by atoms with Crippen LogP contribution < -0.4 is 9.47 Å². The number of benzene rings is 1. The minimum atomic E-state index is -0.180. The predicted molar refractivity (Wildman–Crippen MR) is 144 cm³/mol. The molecule has 1 fully saturated rings. The standard InChI is InChI=1S/C27H40N2O4S2/c1-6-10-14-28-25(30)21(26(31)29(28)15-11-7-2)27-34-23-20(32-16-12-8-3)18-19(5)22(24(23)35-27)33-17-13-9-4/h18H,6-17H2,1-5H3. The van der Waals surface area contributed by atoms with Gasteiger partial charge in [0.2, 0.25) is 0 Å². The van der Waals surface area contributed by atoms with Crippen molar-refractivity contribution in [2.24, 2.45) is 0 Å². The van der Waals surface area contributed by atoms with Crippen molar-refractivity contribution in [1.29, 1.82) is 0 Å². The van der Waals surface area contributed by atoms with E-state index in [0.29, 0.717) is 31.9 Å². The number of hydrazine groups is 1. The van der Waals surface area contributed by atoms with Crippen molar-refractivity contribution >= 4 is 35.3 Å². The number of carbonyl (C=O) groups is 2. The molecule has 0 aromatic heterocycles. The summed E-state index contributed by atoms with van der Waals surface area (Å²) >= 11 is 2.97. The van der Waals surface area contributed by atoms with Gasteiger partial charge in [0.1, 0.15) is 17.1 Å². The molecule has 0 aliphatic carbocycles. The Morgan fingerprint density at radius 3 is 1.80 bits per heavy atom. The molecule has 35 heavy (non-hydrogen) atoms. The molecule has 0 radical (unpaired) electrons. The van der Waals surface area contributed by atoms with E-state index in [9.17, 15) is 9.59 Å². The van der Waals surface area contributed by atoms with E-state index in [1.165, 1.54) is 23.5 Å². The number of ether oxygens (including phenoxy) is 2. The number of hydrogen-bond acceptors (Lipinski definition) is 6. The van der Waals surface area contributed by atoms with Crippen LogP contribution in [0.4, 0.5) is 0 Å². The Hall–Kier alpha value is -1.80. The number of rotatable bonds is 14. The fourth-order valence-corrected chi connectivity index (χ4v) is 6.71. The summed E-state index contributed by atoms with van der Waals surface area (Å²) in [6.45, 7) is 12.9. The van der Waals surface area contributed by atoms with Crippen molar-refractivity contribution in [3.8, 4) is 11.5 Å². The van der Waals surface area contributed by atoms with E-state index >= 15 is 0 Å². The van der Waals surface area contributed by atoms with Crippen molar-refractivity contribution in [2.75, 3.05) is 26.3 Å². The molecule has 8 heteroatoms. The molecule has 2 aliphatic rings. The zero-order chi connectivity index (χ0) is 25.4. The van der Waals surface area contributed by atoms with Crippen LogP contribution in [0.5, 0.6) is 11.5 Å². The third-order valence-corrected chi connectivity index (χ3v) is 8.68. The molecule has 2 amide bonds. The van der Waals surface area contributed by atoms with E-state index in [-0.39, 0.29) is 11.8 Å². The highest BCUT2D eigenvalue weighted by Gasteiger charge is 2.44. The molecule has 0 bridgehead atoms. The van der Waals surface area contributed by atoms with Gasteiger partial charge in [-0.25, -0.2) is 10.0 Å². The number of aryl methyl sites for hydroxylation is 1. The van der Waals surface area contributed by atoms with Crippen molar-refractivity contribution in [3.05, 3.63) is 21.4 Å². The van der Waals surface area contributed by atoms with Gasteiger partial charge in [-0.05, 0) is 44.2 Å². The average Bonchev–Trinajstić information content (AvgIpc) is 3.37. The smallest absolute Gasteiger partial charge is 0.279 e. The molecule has 0 atom stereocenters. The van der Waals surface area contributed by atoms with Gasteiger partial charge in [0.25, 0.3) is 11.8 Å². The van der Waals surface area contributed by atoms with Gasteiger partial charge in [-0.2, -0.15) is 0 Å². The number of thioether (sulfide) groups is 2. The van der Waals surface area contributed by atoms with Crippen molar-refractivity contribution in [2.45, 2.75) is 95.8 Å². The van der Waals surface area contributed by atoms with Crippen LogP contribution in [0.25, 0.3) is 0 Å². The van der Waals surface area contributed by atoms with Gasteiger partial charge in [0.15, 0.2) is 0 Å². The number of nitrogens with zero attached hydrogens (tertiary/aromatic N) is 2. The SMILES string of the molecule is CCCCOc1cc(C)c(OCCCC)c2c1SC(=C1C(=O)N(CCCC)N(CCCC)C1=O)S2. The average molecular weight is 521 g/mol. The molecule has 1 aromatic rings. The number of carbonyl (C=O) groups excluding carboxylic acids is 2. The Morgan fingerprint density at radius 2 is 1.26 bits per heavy atom. The fraction of sp³-hybridized carbons (Fsp3) is 0.630. The van der Waals surface area contributed by atoms with E-state index in [0.717, 1.165) is 82.5 Å². The summed E-state index contributed by atoms with van der Waals surface area (Å²) in [6, 6.07) is 2.04. The van der Waals surface area contributed by atoms with Gasteiger partial charge in [-0.3, -0.25) is 9.59 Å². The summed E-state index contributed by atoms with van der Waals surface area (Å²) in [6.07, 6.45) is 7.74. The number of fused-ring (bicyclic) bond motifs is 1. The molecule has 0 spiro atoms. The lowest BCUT2D eigenvalue weighted by molar-refractivity contribution is -0.147. The van der Waals surface area contributed by atoms with Gasteiger partial charge in [-0.1, -0.05) is 76.9 Å². The van der Waals surface area contributed by atoms with E-state index < -0.39 is 0 Å². The van der Waals surface area contributed by atoms with Gasteiger partial charge in [0, 0.05) is 13.1 Å². The summed E-state index contributed by atoms with van der Waals surface area (Å²) in [5.41, 5.74) is 1.31. The molecular weight excluding hydrogens is 480 g/mol. The molecule has 6 nitrogen and oxygen atoms in total. The normalized spacial score (nSPS) is 15.5. The van der Waals surface area contributed by atoms with Gasteiger partial charge in [-0.15, -0.1) is 0 Å². The summed E-state index contributed by atoms with van der Waals surface area (Å²) in [7, 11) is 0. The lowest BCUT2D eigenvalue weighted by Crippen LogP contribution is -2.42. The second-order valence-electron chi connectivity index (χ2n) is 9.01. The van der Waals surface area contributed by atoms with E-state index in [1.807, 2.05) is 13.0 Å². The minimum absolute atomic E-state index is 0.180. The van der Waals surface area contributed by atoms with Crippen molar-refractivity contribution in [3.63, 3.8) is 0 Å². The summed E-state index contributed by atoms with van der Waals surface area (Å²) < 4.78 is 13.1. The summed E-state index contributed by atoms with van der Waals surface area (Å²) in [5.74, 6) is 1.29. The zero-order valence-electron chi connectivity index (χ0n) is 21.9. The van der Waals surface area contributed by atoms with E-state index in [1.54, 1.807) is 10.0 Å².